The minimum Gasteiger partial charge on any atom is -0.324 e. The molecule has 2 amide bonds. The number of sulfonamides is 1. The number of aryl methyl sites for hydroxylation is 1. The Hall–Kier alpha value is -2.43. The molecule has 0 bridgehead atoms. The van der Waals surface area contributed by atoms with Crippen LogP contribution in [0.5, 0.6) is 0 Å². The highest BCUT2D eigenvalue weighted by atomic mass is 32.2. The van der Waals surface area contributed by atoms with Gasteiger partial charge < -0.3 is 10.2 Å². The molecule has 1 fully saturated rings. The van der Waals surface area contributed by atoms with Crippen molar-refractivity contribution in [2.75, 3.05) is 35.6 Å². The standard InChI is InChI=1S/C21H22FN3O4S2/c1-14-10-15(22)4-6-17(14)23-20(26)12-25-18-11-16(5-7-19(18)30-13-21(25)27)31(28,29)24-8-2-3-9-24/h4-7,10-11H,2-3,8-9,12-13H2,1H3,(H,23,26). The number of carbonyl (C=O) groups is 2. The van der Waals surface area contributed by atoms with Gasteiger partial charge in [0.2, 0.25) is 21.8 Å². The molecule has 0 aliphatic carbocycles. The van der Waals surface area contributed by atoms with Crippen molar-refractivity contribution in [3.8, 4) is 0 Å². The second kappa shape index (κ2) is 8.60. The van der Waals surface area contributed by atoms with Crippen LogP contribution in [0.25, 0.3) is 0 Å². The van der Waals surface area contributed by atoms with Crippen LogP contribution in [0.2, 0.25) is 0 Å². The Kier molecular flexibility index (Phi) is 6.05. The summed E-state index contributed by atoms with van der Waals surface area (Å²) in [5, 5.41) is 2.69. The molecule has 4 rings (SSSR count). The monoisotopic (exact) mass is 463 g/mol. The maximum atomic E-state index is 13.3. The maximum absolute atomic E-state index is 13.3. The van der Waals surface area contributed by atoms with Crippen LogP contribution >= 0.6 is 11.8 Å². The largest absolute Gasteiger partial charge is 0.324 e. The fourth-order valence-corrected chi connectivity index (χ4v) is 6.15. The number of rotatable bonds is 5. The molecule has 2 aromatic carbocycles. The van der Waals surface area contributed by atoms with Crippen molar-refractivity contribution < 1.29 is 22.4 Å². The number of nitrogens with one attached hydrogen (secondary N) is 1. The second-order valence-corrected chi connectivity index (χ2v) is 10.5. The third-order valence-corrected chi connectivity index (χ3v) is 8.28. The van der Waals surface area contributed by atoms with Gasteiger partial charge >= 0.3 is 0 Å². The van der Waals surface area contributed by atoms with Crippen molar-refractivity contribution in [1.82, 2.24) is 4.31 Å². The molecule has 31 heavy (non-hydrogen) atoms. The molecular formula is C21H22FN3O4S2. The summed E-state index contributed by atoms with van der Waals surface area (Å²) in [6.07, 6.45) is 1.65. The van der Waals surface area contributed by atoms with Gasteiger partial charge in [-0.3, -0.25) is 9.59 Å². The smallest absolute Gasteiger partial charge is 0.244 e. The summed E-state index contributed by atoms with van der Waals surface area (Å²) in [7, 11) is -3.65. The van der Waals surface area contributed by atoms with Crippen molar-refractivity contribution in [1.29, 1.82) is 0 Å². The van der Waals surface area contributed by atoms with Crippen LogP contribution in [0.15, 0.2) is 46.2 Å². The maximum Gasteiger partial charge on any atom is 0.244 e. The van der Waals surface area contributed by atoms with Crippen molar-refractivity contribution >= 4 is 45.0 Å². The minimum absolute atomic E-state index is 0.114. The van der Waals surface area contributed by atoms with Gasteiger partial charge in [0.1, 0.15) is 12.4 Å². The molecule has 2 aromatic rings. The highest BCUT2D eigenvalue weighted by Gasteiger charge is 2.31. The molecule has 1 saturated heterocycles. The van der Waals surface area contributed by atoms with E-state index in [0.29, 0.717) is 30.0 Å². The van der Waals surface area contributed by atoms with Gasteiger partial charge in [0, 0.05) is 23.7 Å². The molecular weight excluding hydrogens is 441 g/mol. The highest BCUT2D eigenvalue weighted by molar-refractivity contribution is 8.00. The van der Waals surface area contributed by atoms with Crippen LogP contribution in [-0.4, -0.2) is 49.9 Å². The van der Waals surface area contributed by atoms with Gasteiger partial charge in [0.05, 0.1) is 16.3 Å². The zero-order chi connectivity index (χ0) is 22.2. The van der Waals surface area contributed by atoms with Gasteiger partial charge in [-0.05, 0) is 61.7 Å². The summed E-state index contributed by atoms with van der Waals surface area (Å²) in [6, 6.07) is 8.73. The number of nitrogens with zero attached hydrogens (tertiary/aromatic N) is 2. The molecule has 0 aromatic heterocycles. The Morgan fingerprint density at radius 2 is 1.90 bits per heavy atom. The van der Waals surface area contributed by atoms with Gasteiger partial charge in [-0.1, -0.05) is 0 Å². The van der Waals surface area contributed by atoms with Crippen LogP contribution in [-0.2, 0) is 19.6 Å². The molecule has 0 saturated carbocycles. The predicted octanol–water partition coefficient (Wildman–Crippen LogP) is 3.00. The van der Waals surface area contributed by atoms with Gasteiger partial charge in [-0.15, -0.1) is 11.8 Å². The fraction of sp³-hybridized carbons (Fsp3) is 0.333. The predicted molar refractivity (Wildman–Crippen MR) is 117 cm³/mol. The van der Waals surface area contributed by atoms with Crippen LogP contribution < -0.4 is 10.2 Å². The van der Waals surface area contributed by atoms with E-state index < -0.39 is 21.7 Å². The lowest BCUT2D eigenvalue weighted by Crippen LogP contribution is -2.41. The number of hydrogen-bond donors (Lipinski definition) is 1. The lowest BCUT2D eigenvalue weighted by Gasteiger charge is -2.29. The van der Waals surface area contributed by atoms with E-state index >= 15 is 0 Å². The summed E-state index contributed by atoms with van der Waals surface area (Å²) in [6.45, 7) is 2.37. The number of benzene rings is 2. The Bertz CT molecular complexity index is 1150. The number of halogens is 1. The summed E-state index contributed by atoms with van der Waals surface area (Å²) < 4.78 is 40.6. The Balaban J connectivity index is 1.59. The Morgan fingerprint density at radius 1 is 1.16 bits per heavy atom. The first-order valence-electron chi connectivity index (χ1n) is 9.89. The van der Waals surface area contributed by atoms with E-state index in [9.17, 15) is 22.4 Å². The lowest BCUT2D eigenvalue weighted by molar-refractivity contribution is -0.120. The van der Waals surface area contributed by atoms with Crippen molar-refractivity contribution in [2.24, 2.45) is 0 Å². The van der Waals surface area contributed by atoms with Gasteiger partial charge in [-0.25, -0.2) is 12.8 Å². The van der Waals surface area contributed by atoms with Crippen LogP contribution in [0.4, 0.5) is 15.8 Å². The molecule has 10 heteroatoms. The van der Waals surface area contributed by atoms with E-state index in [-0.39, 0.29) is 23.1 Å². The molecule has 0 radical (unpaired) electrons. The number of carbonyl (C=O) groups excluding carboxylic acids is 2. The van der Waals surface area contributed by atoms with Crippen molar-refractivity contribution in [2.45, 2.75) is 29.6 Å². The zero-order valence-corrected chi connectivity index (χ0v) is 18.6. The van der Waals surface area contributed by atoms with Crippen LogP contribution in [0.1, 0.15) is 18.4 Å². The van der Waals surface area contributed by atoms with Crippen LogP contribution in [0, 0.1) is 12.7 Å². The van der Waals surface area contributed by atoms with Crippen molar-refractivity contribution in [3.05, 3.63) is 47.8 Å². The average molecular weight is 464 g/mol. The minimum atomic E-state index is -3.65. The lowest BCUT2D eigenvalue weighted by atomic mass is 10.2. The molecule has 0 unspecified atom stereocenters. The third kappa shape index (κ3) is 4.46. The highest BCUT2D eigenvalue weighted by Crippen LogP contribution is 2.37. The third-order valence-electron chi connectivity index (χ3n) is 5.34. The van der Waals surface area contributed by atoms with E-state index in [4.69, 9.17) is 0 Å². The molecule has 2 aliphatic rings. The molecule has 7 nitrogen and oxygen atoms in total. The molecule has 0 spiro atoms. The Morgan fingerprint density at radius 3 is 2.61 bits per heavy atom. The first-order valence-corrected chi connectivity index (χ1v) is 12.3. The topological polar surface area (TPSA) is 86.8 Å². The first-order chi connectivity index (χ1) is 14.8. The summed E-state index contributed by atoms with van der Waals surface area (Å²) in [4.78, 5) is 27.4. The summed E-state index contributed by atoms with van der Waals surface area (Å²) >= 11 is 1.31. The number of hydrogen-bond acceptors (Lipinski definition) is 5. The average Bonchev–Trinajstić information content (AvgIpc) is 3.28. The summed E-state index contributed by atoms with van der Waals surface area (Å²) in [5.74, 6) is -0.971. The SMILES string of the molecule is Cc1cc(F)ccc1NC(=O)CN1C(=O)CSc2ccc(S(=O)(=O)N3CCCC3)cc21. The molecule has 0 atom stereocenters. The van der Waals surface area contributed by atoms with E-state index in [1.165, 1.54) is 45.2 Å². The Labute approximate surface area is 184 Å². The molecule has 164 valence electrons. The first kappa shape index (κ1) is 21.8. The number of thioether (sulfide) groups is 1. The number of anilines is 2. The van der Waals surface area contributed by atoms with E-state index in [0.717, 1.165) is 17.7 Å². The zero-order valence-electron chi connectivity index (χ0n) is 16.9. The normalized spacial score (nSPS) is 17.0. The molecule has 1 N–H and O–H groups in total. The second-order valence-electron chi connectivity index (χ2n) is 7.52. The molecule has 2 heterocycles. The number of fused-ring (bicyclic) bond motifs is 1. The fourth-order valence-electron chi connectivity index (χ4n) is 3.69. The van der Waals surface area contributed by atoms with Gasteiger partial charge in [0.25, 0.3) is 0 Å². The summed E-state index contributed by atoms with van der Waals surface area (Å²) in [5.41, 5.74) is 1.43. The molecule has 2 aliphatic heterocycles. The van der Waals surface area contributed by atoms with Gasteiger partial charge in [0.15, 0.2) is 0 Å². The van der Waals surface area contributed by atoms with Crippen molar-refractivity contribution in [3.63, 3.8) is 0 Å². The van der Waals surface area contributed by atoms with E-state index in [2.05, 4.69) is 5.32 Å². The van der Waals surface area contributed by atoms with Gasteiger partial charge in [-0.2, -0.15) is 4.31 Å². The van der Waals surface area contributed by atoms with Crippen LogP contribution in [0.3, 0.4) is 0 Å². The van der Waals surface area contributed by atoms with E-state index in [1.807, 2.05) is 0 Å². The quantitative estimate of drug-likeness (QED) is 0.737. The number of amides is 2. The van der Waals surface area contributed by atoms with E-state index in [1.54, 1.807) is 19.1 Å².